The quantitative estimate of drug-likeness (QED) is 0.758. The van der Waals surface area contributed by atoms with Gasteiger partial charge >= 0.3 is 6.09 Å². The van der Waals surface area contributed by atoms with Gasteiger partial charge in [-0.15, -0.1) is 5.26 Å². The number of benzene rings is 1. The highest BCUT2D eigenvalue weighted by Gasteiger charge is 2.29. The number of nitrogens with zero attached hydrogens (tertiary/aromatic N) is 2. The van der Waals surface area contributed by atoms with Gasteiger partial charge in [0, 0.05) is 10.5 Å². The third-order valence-electron chi connectivity index (χ3n) is 2.05. The van der Waals surface area contributed by atoms with Crippen molar-refractivity contribution < 1.29 is 27.1 Å². The van der Waals surface area contributed by atoms with Crippen LogP contribution >= 0.6 is 15.9 Å². The van der Waals surface area contributed by atoms with E-state index in [2.05, 4.69) is 25.4 Å². The predicted molar refractivity (Wildman–Crippen MR) is 70.1 cm³/mol. The lowest BCUT2D eigenvalue weighted by atomic mass is 10.3. The highest BCUT2D eigenvalue weighted by molar-refractivity contribution is 9.10. The second kappa shape index (κ2) is 6.06. The summed E-state index contributed by atoms with van der Waals surface area (Å²) in [5, 5.41) is 8.38. The van der Waals surface area contributed by atoms with Crippen molar-refractivity contribution in [2.45, 2.75) is 0 Å². The molecule has 0 aliphatic heterocycles. The molecule has 1 aromatic carbocycles. The van der Waals surface area contributed by atoms with Crippen molar-refractivity contribution in [1.29, 1.82) is 5.26 Å². The maximum atomic E-state index is 13.5. The molecule has 1 aromatic rings. The molecule has 0 spiro atoms. The average Bonchev–Trinajstić information content (AvgIpc) is 2.33. The summed E-state index contributed by atoms with van der Waals surface area (Å²) in [5.41, 5.74) is -0.244. The zero-order valence-corrected chi connectivity index (χ0v) is 12.7. The van der Waals surface area contributed by atoms with Gasteiger partial charge in [-0.2, -0.15) is 4.31 Å². The van der Waals surface area contributed by atoms with Gasteiger partial charge in [0.1, 0.15) is 0 Å². The summed E-state index contributed by atoms with van der Waals surface area (Å²) in [7, 11) is -3.04. The van der Waals surface area contributed by atoms with Gasteiger partial charge in [-0.1, -0.05) is 0 Å². The smallest absolute Gasteiger partial charge is 0.428 e. The monoisotopic (exact) mass is 366 g/mol. The first-order valence-corrected chi connectivity index (χ1v) is 7.49. The van der Waals surface area contributed by atoms with Crippen molar-refractivity contribution in [3.8, 4) is 12.0 Å². The van der Waals surface area contributed by atoms with Crippen LogP contribution < -0.4 is 9.04 Å². The lowest BCUT2D eigenvalue weighted by Gasteiger charge is -2.20. The van der Waals surface area contributed by atoms with Crippen LogP contribution in [0.25, 0.3) is 0 Å². The van der Waals surface area contributed by atoms with Crippen LogP contribution in [0, 0.1) is 17.3 Å². The van der Waals surface area contributed by atoms with Gasteiger partial charge in [-0.05, 0) is 22.0 Å². The van der Waals surface area contributed by atoms with Crippen molar-refractivity contribution >= 4 is 37.7 Å². The Balaban J connectivity index is 3.53. The minimum absolute atomic E-state index is 0.0314. The number of hydrogen-bond donors (Lipinski definition) is 0. The fourth-order valence-corrected chi connectivity index (χ4v) is 2.76. The van der Waals surface area contributed by atoms with E-state index < -0.39 is 27.7 Å². The average molecular weight is 367 g/mol. The van der Waals surface area contributed by atoms with Crippen molar-refractivity contribution in [2.24, 2.45) is 0 Å². The number of nitriles is 1. The molecule has 0 fully saturated rings. The Hall–Kier alpha value is -1.86. The second-order valence-corrected chi connectivity index (χ2v) is 6.11. The zero-order valence-electron chi connectivity index (χ0n) is 10.3. The van der Waals surface area contributed by atoms with Gasteiger partial charge in [-0.3, -0.25) is 0 Å². The third-order valence-corrected chi connectivity index (χ3v) is 3.69. The summed E-state index contributed by atoms with van der Waals surface area (Å²) in [6, 6.07) is 1.75. The fourth-order valence-electron chi connectivity index (χ4n) is 1.30. The van der Waals surface area contributed by atoms with Crippen LogP contribution in [-0.4, -0.2) is 27.9 Å². The Kier molecular flexibility index (Phi) is 4.91. The molecule has 0 saturated heterocycles. The highest BCUT2D eigenvalue weighted by atomic mass is 79.9. The van der Waals surface area contributed by atoms with Gasteiger partial charge in [0.05, 0.1) is 19.1 Å². The Morgan fingerprint density at radius 1 is 1.50 bits per heavy atom. The number of anilines is 1. The molecule has 10 heteroatoms. The SMILES string of the molecule is COC(=O)N(c1cc(OC#N)c(F)cc1Br)S(C)(=O)=O. The Labute approximate surface area is 122 Å². The number of amides is 1. The van der Waals surface area contributed by atoms with Gasteiger partial charge in [0.25, 0.3) is 6.26 Å². The fraction of sp³-hybridized carbons (Fsp3) is 0.200. The molecule has 0 aliphatic carbocycles. The van der Waals surface area contributed by atoms with E-state index in [0.29, 0.717) is 4.31 Å². The van der Waals surface area contributed by atoms with E-state index in [4.69, 9.17) is 5.26 Å². The number of carbonyl (C=O) groups excluding carboxylic acids is 1. The molecule has 0 radical (unpaired) electrons. The second-order valence-electron chi connectivity index (χ2n) is 3.42. The molecule has 20 heavy (non-hydrogen) atoms. The molecule has 0 aromatic heterocycles. The van der Waals surface area contributed by atoms with Crippen LogP contribution in [0.15, 0.2) is 16.6 Å². The van der Waals surface area contributed by atoms with Gasteiger partial charge in [0.15, 0.2) is 11.6 Å². The number of halogens is 2. The van der Waals surface area contributed by atoms with Gasteiger partial charge in [-0.25, -0.2) is 17.6 Å². The summed E-state index contributed by atoms with van der Waals surface area (Å²) in [4.78, 5) is 11.6. The maximum Gasteiger partial charge on any atom is 0.428 e. The number of carbonyl (C=O) groups is 1. The number of methoxy groups -OCH3 is 1. The Bertz CT molecular complexity index is 686. The molecule has 0 aliphatic rings. The van der Waals surface area contributed by atoms with Crippen LogP contribution in [0.4, 0.5) is 14.9 Å². The molecule has 0 atom stereocenters. The van der Waals surface area contributed by atoms with Crippen LogP contribution in [-0.2, 0) is 14.8 Å². The van der Waals surface area contributed by atoms with Crippen LogP contribution in [0.1, 0.15) is 0 Å². The molecule has 0 bridgehead atoms. The number of ether oxygens (including phenoxy) is 2. The predicted octanol–water partition coefficient (Wildman–Crippen LogP) is 1.98. The minimum Gasteiger partial charge on any atom is -0.452 e. The summed E-state index contributed by atoms with van der Waals surface area (Å²) in [6.45, 7) is 0. The van der Waals surface area contributed by atoms with E-state index in [1.165, 1.54) is 6.26 Å². The molecule has 0 N–H and O–H groups in total. The normalized spacial score (nSPS) is 10.6. The first kappa shape index (κ1) is 16.2. The minimum atomic E-state index is -4.03. The number of rotatable bonds is 3. The van der Waals surface area contributed by atoms with Crippen molar-refractivity contribution in [2.75, 3.05) is 17.7 Å². The van der Waals surface area contributed by atoms with E-state index >= 15 is 0 Å². The molecule has 108 valence electrons. The molecule has 0 unspecified atom stereocenters. The largest absolute Gasteiger partial charge is 0.452 e. The Morgan fingerprint density at radius 2 is 2.10 bits per heavy atom. The standard InChI is InChI=1S/C10H8BrFN2O5S/c1-18-10(15)14(20(2,16)17)8-4-9(19-5-13)7(12)3-6(8)11/h3-4H,1-2H3. The third kappa shape index (κ3) is 3.37. The maximum absolute atomic E-state index is 13.5. The van der Waals surface area contributed by atoms with E-state index in [-0.39, 0.29) is 10.2 Å². The molecule has 7 nitrogen and oxygen atoms in total. The lowest BCUT2D eigenvalue weighted by Crippen LogP contribution is -2.36. The van der Waals surface area contributed by atoms with Crippen molar-refractivity contribution in [3.05, 3.63) is 22.4 Å². The summed E-state index contributed by atoms with van der Waals surface area (Å²) >= 11 is 2.93. The topological polar surface area (TPSA) is 96.7 Å². The Morgan fingerprint density at radius 3 is 2.55 bits per heavy atom. The summed E-state index contributed by atoms with van der Waals surface area (Å²) in [6.07, 6.45) is 0.829. The molecule has 0 saturated carbocycles. The molecule has 1 rings (SSSR count). The summed E-state index contributed by atoms with van der Waals surface area (Å²) in [5.74, 6) is -1.43. The number of sulfonamides is 1. The number of hydrogen-bond acceptors (Lipinski definition) is 6. The van der Waals surface area contributed by atoms with E-state index in [0.717, 1.165) is 25.5 Å². The van der Waals surface area contributed by atoms with E-state index in [1.807, 2.05) is 0 Å². The first-order chi connectivity index (χ1) is 9.22. The van der Waals surface area contributed by atoms with Crippen LogP contribution in [0.3, 0.4) is 0 Å². The van der Waals surface area contributed by atoms with E-state index in [1.54, 1.807) is 0 Å². The van der Waals surface area contributed by atoms with Crippen LogP contribution in [0.5, 0.6) is 5.75 Å². The molecule has 1 amide bonds. The van der Waals surface area contributed by atoms with Crippen molar-refractivity contribution in [3.63, 3.8) is 0 Å². The first-order valence-electron chi connectivity index (χ1n) is 4.85. The van der Waals surface area contributed by atoms with Gasteiger partial charge in [0.2, 0.25) is 10.0 Å². The highest BCUT2D eigenvalue weighted by Crippen LogP contribution is 2.34. The van der Waals surface area contributed by atoms with Gasteiger partial charge < -0.3 is 9.47 Å². The van der Waals surface area contributed by atoms with E-state index in [9.17, 15) is 17.6 Å². The molecular weight excluding hydrogens is 359 g/mol. The molecular formula is C10H8BrFN2O5S. The summed E-state index contributed by atoms with van der Waals surface area (Å²) < 4.78 is 45.7. The van der Waals surface area contributed by atoms with Crippen LogP contribution in [0.2, 0.25) is 0 Å². The zero-order chi connectivity index (χ0) is 15.5. The lowest BCUT2D eigenvalue weighted by molar-refractivity contribution is 0.183. The van der Waals surface area contributed by atoms with Crippen molar-refractivity contribution in [1.82, 2.24) is 0 Å². The molecule has 0 heterocycles.